The van der Waals surface area contributed by atoms with Gasteiger partial charge in [0.25, 0.3) is 5.91 Å². The lowest BCUT2D eigenvalue weighted by Crippen LogP contribution is -2.53. The van der Waals surface area contributed by atoms with Gasteiger partial charge in [-0.2, -0.15) is 0 Å². The molecular weight excluding hydrogens is 512 g/mol. The van der Waals surface area contributed by atoms with Crippen LogP contribution < -0.4 is 20.4 Å². The number of methoxy groups -OCH3 is 1. The van der Waals surface area contributed by atoms with Crippen LogP contribution in [0.5, 0.6) is 0 Å². The number of hydrogen-bond acceptors (Lipinski definition) is 7. The fraction of sp³-hybridized carbons (Fsp3) is 0.300. The van der Waals surface area contributed by atoms with Gasteiger partial charge in [-0.15, -0.1) is 0 Å². The van der Waals surface area contributed by atoms with E-state index in [0.29, 0.717) is 24.2 Å². The van der Waals surface area contributed by atoms with Crippen LogP contribution in [0.25, 0.3) is 10.8 Å². The first-order chi connectivity index (χ1) is 19.3. The minimum Gasteiger partial charge on any atom is -0.375 e. The van der Waals surface area contributed by atoms with E-state index in [-0.39, 0.29) is 31.3 Å². The molecule has 3 aromatic rings. The molecule has 3 amide bonds. The summed E-state index contributed by atoms with van der Waals surface area (Å²) >= 11 is 0. The molecule has 0 aliphatic carbocycles. The van der Waals surface area contributed by atoms with Gasteiger partial charge in [0, 0.05) is 20.1 Å². The van der Waals surface area contributed by atoms with Crippen LogP contribution in [0.15, 0.2) is 66.7 Å². The van der Waals surface area contributed by atoms with Crippen LogP contribution in [0, 0.1) is 0 Å². The summed E-state index contributed by atoms with van der Waals surface area (Å²) in [4.78, 5) is 65.6. The van der Waals surface area contributed by atoms with Crippen molar-refractivity contribution in [1.82, 2.24) is 10.6 Å². The van der Waals surface area contributed by atoms with Crippen molar-refractivity contribution < 1.29 is 28.7 Å². The molecule has 1 aliphatic rings. The van der Waals surface area contributed by atoms with Crippen LogP contribution in [-0.2, 0) is 35.3 Å². The standard InChI is InChI=1S/C30H32N4O6/c1-20(36)13-24(18-35)32-28(37)17-34-27-10-6-5-9-26(27)33(29(38)19-40-2)16-25(30(34)39)31-15-21-11-12-22-7-3-4-8-23(22)14-21/h3-12,14,18,24-25,31H,13,15-17,19H2,1-2H3,(H,32,37)/t24-,25-/m0/s1. The Morgan fingerprint density at radius 2 is 1.73 bits per heavy atom. The number of carbonyl (C=O) groups excluding carboxylic acids is 5. The minimum atomic E-state index is -0.996. The second kappa shape index (κ2) is 13.1. The topological polar surface area (TPSA) is 125 Å². The van der Waals surface area contributed by atoms with E-state index >= 15 is 0 Å². The molecule has 10 nitrogen and oxygen atoms in total. The van der Waals surface area contributed by atoms with E-state index in [0.717, 1.165) is 16.3 Å². The van der Waals surface area contributed by atoms with Gasteiger partial charge in [-0.25, -0.2) is 0 Å². The maximum absolute atomic E-state index is 13.9. The van der Waals surface area contributed by atoms with Gasteiger partial charge >= 0.3 is 0 Å². The number of benzene rings is 3. The molecule has 0 aromatic heterocycles. The van der Waals surface area contributed by atoms with E-state index in [9.17, 15) is 24.0 Å². The molecule has 0 spiro atoms. The Morgan fingerprint density at radius 1 is 1.02 bits per heavy atom. The zero-order valence-electron chi connectivity index (χ0n) is 22.5. The van der Waals surface area contributed by atoms with Gasteiger partial charge < -0.3 is 25.1 Å². The number of Topliss-reactive ketones (excluding diaryl/α,β-unsaturated/α-hetero) is 1. The molecule has 3 aromatic carbocycles. The largest absolute Gasteiger partial charge is 0.375 e. The predicted octanol–water partition coefficient (Wildman–Crippen LogP) is 1.99. The maximum atomic E-state index is 13.9. The number of nitrogens with one attached hydrogen (secondary N) is 2. The molecule has 4 rings (SSSR count). The van der Waals surface area contributed by atoms with Gasteiger partial charge in [-0.1, -0.05) is 48.5 Å². The van der Waals surface area contributed by atoms with Crippen LogP contribution in [0.4, 0.5) is 11.4 Å². The third-order valence-corrected chi connectivity index (χ3v) is 6.65. The molecule has 2 N–H and O–H groups in total. The Kier molecular flexibility index (Phi) is 9.36. The Morgan fingerprint density at radius 3 is 2.42 bits per heavy atom. The molecule has 0 bridgehead atoms. The molecule has 10 heteroatoms. The number of nitrogens with zero attached hydrogens (tertiary/aromatic N) is 2. The van der Waals surface area contributed by atoms with Crippen molar-refractivity contribution in [2.75, 3.05) is 36.6 Å². The number of fused-ring (bicyclic) bond motifs is 2. The van der Waals surface area contributed by atoms with Crippen LogP contribution >= 0.6 is 0 Å². The van der Waals surface area contributed by atoms with Crippen molar-refractivity contribution >= 4 is 51.9 Å². The third kappa shape index (κ3) is 6.77. The third-order valence-electron chi connectivity index (χ3n) is 6.65. The number of hydrogen-bond donors (Lipinski definition) is 2. The van der Waals surface area contributed by atoms with Gasteiger partial charge in [0.1, 0.15) is 31.3 Å². The first-order valence-electron chi connectivity index (χ1n) is 13.0. The summed E-state index contributed by atoms with van der Waals surface area (Å²) in [5, 5.41) is 7.95. The summed E-state index contributed by atoms with van der Waals surface area (Å²) in [6.07, 6.45) is 0.353. The van der Waals surface area contributed by atoms with E-state index in [1.54, 1.807) is 24.3 Å². The smallest absolute Gasteiger partial charge is 0.253 e. The second-order valence-corrected chi connectivity index (χ2v) is 9.68. The first-order valence-corrected chi connectivity index (χ1v) is 13.0. The van der Waals surface area contributed by atoms with E-state index in [2.05, 4.69) is 10.6 Å². The van der Waals surface area contributed by atoms with Crippen molar-refractivity contribution in [2.45, 2.75) is 32.0 Å². The molecule has 40 heavy (non-hydrogen) atoms. The average molecular weight is 545 g/mol. The van der Waals surface area contributed by atoms with Crippen molar-refractivity contribution in [3.05, 3.63) is 72.3 Å². The van der Waals surface area contributed by atoms with E-state index in [4.69, 9.17) is 4.74 Å². The number of carbonyl (C=O) groups is 5. The number of para-hydroxylation sites is 2. The number of rotatable bonds is 11. The number of ether oxygens (including phenoxy) is 1. The van der Waals surface area contributed by atoms with Gasteiger partial charge in [0.2, 0.25) is 11.8 Å². The van der Waals surface area contributed by atoms with Crippen LogP contribution in [0.2, 0.25) is 0 Å². The molecule has 1 heterocycles. The molecule has 0 fully saturated rings. The highest BCUT2D eigenvalue weighted by Gasteiger charge is 2.36. The number of ketones is 1. The molecule has 2 atom stereocenters. The minimum absolute atomic E-state index is 0.0189. The SMILES string of the molecule is COCC(=O)N1C[C@H](NCc2ccc3ccccc3c2)C(=O)N(CC(=O)N[C@H](C=O)CC(C)=O)c2ccccc21. The Hall–Kier alpha value is -4.41. The average Bonchev–Trinajstić information content (AvgIpc) is 3.06. The lowest BCUT2D eigenvalue weighted by atomic mass is 10.1. The lowest BCUT2D eigenvalue weighted by Gasteiger charge is -2.25. The molecule has 0 saturated carbocycles. The highest BCUT2D eigenvalue weighted by molar-refractivity contribution is 6.09. The maximum Gasteiger partial charge on any atom is 0.253 e. The molecule has 208 valence electrons. The van der Waals surface area contributed by atoms with Gasteiger partial charge in [-0.05, 0) is 41.5 Å². The molecule has 0 radical (unpaired) electrons. The van der Waals surface area contributed by atoms with E-state index in [1.807, 2.05) is 42.5 Å². The summed E-state index contributed by atoms with van der Waals surface area (Å²) in [5.41, 5.74) is 1.78. The molecule has 1 aliphatic heterocycles. The normalized spacial score (nSPS) is 15.8. The van der Waals surface area contributed by atoms with Crippen molar-refractivity contribution in [2.24, 2.45) is 0 Å². The predicted molar refractivity (Wildman–Crippen MR) is 151 cm³/mol. The number of aldehydes is 1. The van der Waals surface area contributed by atoms with Crippen LogP contribution in [-0.4, -0.2) is 68.7 Å². The Balaban J connectivity index is 1.63. The first kappa shape index (κ1) is 28.6. The summed E-state index contributed by atoms with van der Waals surface area (Å²) in [6.45, 7) is 1.10. The van der Waals surface area contributed by atoms with Gasteiger partial charge in [0.15, 0.2) is 0 Å². The number of amides is 3. The lowest BCUT2D eigenvalue weighted by molar-refractivity contribution is -0.127. The molecule has 0 unspecified atom stereocenters. The zero-order valence-corrected chi connectivity index (χ0v) is 22.5. The summed E-state index contributed by atoms with van der Waals surface area (Å²) < 4.78 is 5.09. The summed E-state index contributed by atoms with van der Waals surface area (Å²) in [7, 11) is 1.42. The van der Waals surface area contributed by atoms with E-state index in [1.165, 1.54) is 23.8 Å². The fourth-order valence-corrected chi connectivity index (χ4v) is 4.77. The molecule has 0 saturated heterocycles. The monoisotopic (exact) mass is 544 g/mol. The van der Waals surface area contributed by atoms with Crippen molar-refractivity contribution in [1.29, 1.82) is 0 Å². The zero-order chi connectivity index (χ0) is 28.6. The summed E-state index contributed by atoms with van der Waals surface area (Å²) in [6, 6.07) is 18.9. The van der Waals surface area contributed by atoms with Crippen LogP contribution in [0.3, 0.4) is 0 Å². The van der Waals surface area contributed by atoms with E-state index < -0.39 is 30.4 Å². The van der Waals surface area contributed by atoms with Gasteiger partial charge in [-0.3, -0.25) is 24.1 Å². The van der Waals surface area contributed by atoms with Gasteiger partial charge in [0.05, 0.1) is 24.0 Å². The molecular formula is C30H32N4O6. The van der Waals surface area contributed by atoms with Crippen LogP contribution in [0.1, 0.15) is 18.9 Å². The number of anilines is 2. The Labute approximate surface area is 232 Å². The highest BCUT2D eigenvalue weighted by Crippen LogP contribution is 2.33. The second-order valence-electron chi connectivity index (χ2n) is 9.68. The highest BCUT2D eigenvalue weighted by atomic mass is 16.5. The fourth-order valence-electron chi connectivity index (χ4n) is 4.77. The van der Waals surface area contributed by atoms with Crippen molar-refractivity contribution in [3.8, 4) is 0 Å². The summed E-state index contributed by atoms with van der Waals surface area (Å²) in [5.74, 6) is -1.61. The Bertz CT molecular complexity index is 1420. The quantitative estimate of drug-likeness (QED) is 0.354. The van der Waals surface area contributed by atoms with Crippen molar-refractivity contribution in [3.63, 3.8) is 0 Å².